The van der Waals surface area contributed by atoms with Crippen molar-refractivity contribution in [1.82, 2.24) is 0 Å². The van der Waals surface area contributed by atoms with Crippen LogP contribution in [0.2, 0.25) is 0 Å². The zero-order chi connectivity index (χ0) is 9.56. The van der Waals surface area contributed by atoms with Gasteiger partial charge in [0.15, 0.2) is 0 Å². The van der Waals surface area contributed by atoms with E-state index in [4.69, 9.17) is 10.2 Å². The van der Waals surface area contributed by atoms with E-state index in [1.807, 2.05) is 0 Å². The largest absolute Gasteiger partial charge is 0.394 e. The molecule has 0 amide bonds. The van der Waals surface area contributed by atoms with Crippen LogP contribution in [-0.2, 0) is 14.3 Å². The van der Waals surface area contributed by atoms with E-state index in [1.165, 1.54) is 6.92 Å². The molecule has 1 rings (SSSR count). The van der Waals surface area contributed by atoms with E-state index >= 15 is 0 Å². The molecule has 70 valence electrons. The Balaban J connectivity index is 0.000000217. The number of ether oxygens (including phenoxy) is 1. The highest BCUT2D eigenvalue weighted by molar-refractivity contribution is 5.92. The van der Waals surface area contributed by atoms with Gasteiger partial charge in [0.1, 0.15) is 0 Å². The molecule has 1 unspecified atom stereocenters. The van der Waals surface area contributed by atoms with Crippen molar-refractivity contribution in [2.24, 2.45) is 0 Å². The quantitative estimate of drug-likeness (QED) is 0.404. The summed E-state index contributed by atoms with van der Waals surface area (Å²) in [6, 6.07) is 0. The second-order valence-electron chi connectivity index (χ2n) is 2.38. The number of carbonyl (C=O) groups excluding carboxylic acids is 2. The summed E-state index contributed by atoms with van der Waals surface area (Å²) < 4.78 is 4.08. The lowest BCUT2D eigenvalue weighted by atomic mass is 10.4. The van der Waals surface area contributed by atoms with Crippen molar-refractivity contribution in [3.05, 3.63) is 0 Å². The van der Waals surface area contributed by atoms with Crippen LogP contribution in [0, 0.1) is 0 Å². The van der Waals surface area contributed by atoms with Crippen molar-refractivity contribution in [2.75, 3.05) is 6.61 Å². The number of hydrogen-bond donors (Lipinski definition) is 2. The zero-order valence-electron chi connectivity index (χ0n) is 6.82. The first kappa shape index (κ1) is 11.1. The molecule has 1 saturated heterocycles. The highest BCUT2D eigenvalue weighted by atomic mass is 16.6. The van der Waals surface area contributed by atoms with Crippen LogP contribution in [0.25, 0.3) is 0 Å². The van der Waals surface area contributed by atoms with Crippen LogP contribution in [0.15, 0.2) is 0 Å². The molecule has 0 radical (unpaired) electrons. The minimum Gasteiger partial charge on any atom is -0.394 e. The minimum atomic E-state index is -0.560. The highest BCUT2D eigenvalue weighted by Crippen LogP contribution is 2.03. The molecule has 0 saturated carbocycles. The van der Waals surface area contributed by atoms with Crippen molar-refractivity contribution >= 4 is 11.9 Å². The molecular formula is C7H12O5. The summed E-state index contributed by atoms with van der Waals surface area (Å²) in [5, 5.41) is 16.0. The Morgan fingerprint density at radius 3 is 1.83 bits per heavy atom. The number of aliphatic hydroxyl groups excluding tert-OH is 2. The van der Waals surface area contributed by atoms with Gasteiger partial charge in [0.25, 0.3) is 0 Å². The molecule has 5 nitrogen and oxygen atoms in total. The van der Waals surface area contributed by atoms with Crippen LogP contribution in [0.4, 0.5) is 0 Å². The molecule has 2 N–H and O–H groups in total. The summed E-state index contributed by atoms with van der Waals surface area (Å²) in [5.74, 6) is -0.796. The van der Waals surface area contributed by atoms with E-state index in [0.29, 0.717) is 0 Å². The van der Waals surface area contributed by atoms with Gasteiger partial charge in [0.2, 0.25) is 0 Å². The fourth-order valence-corrected chi connectivity index (χ4v) is 0.433. The Morgan fingerprint density at radius 1 is 1.42 bits per heavy atom. The molecular weight excluding hydrogens is 164 g/mol. The predicted octanol–water partition coefficient (Wildman–Crippen LogP) is -0.791. The normalized spacial score (nSPS) is 17.9. The van der Waals surface area contributed by atoms with Crippen LogP contribution in [0.5, 0.6) is 0 Å². The molecule has 0 aromatic heterocycles. The van der Waals surface area contributed by atoms with Gasteiger partial charge in [-0.05, 0) is 6.92 Å². The molecule has 0 spiro atoms. The Kier molecular flexibility index (Phi) is 5.23. The third-order valence-electron chi connectivity index (χ3n) is 1.03. The van der Waals surface area contributed by atoms with Crippen LogP contribution < -0.4 is 0 Å². The van der Waals surface area contributed by atoms with E-state index in [9.17, 15) is 9.59 Å². The van der Waals surface area contributed by atoms with Gasteiger partial charge in [-0.3, -0.25) is 9.59 Å². The third kappa shape index (κ3) is 5.82. The molecule has 0 aromatic carbocycles. The molecule has 1 atom stereocenters. The summed E-state index contributed by atoms with van der Waals surface area (Å²) in [6.07, 6.45) is -0.0347. The second-order valence-corrected chi connectivity index (χ2v) is 2.38. The summed E-state index contributed by atoms with van der Waals surface area (Å²) in [5.41, 5.74) is 0. The SMILES string of the molecule is CC(O)CO.O=C1CCC(=O)O1. The van der Waals surface area contributed by atoms with Crippen molar-refractivity contribution in [1.29, 1.82) is 0 Å². The molecule has 12 heavy (non-hydrogen) atoms. The molecule has 1 heterocycles. The molecule has 1 aliphatic heterocycles. The molecule has 0 aromatic rings. The summed E-state index contributed by atoms with van der Waals surface area (Å²) in [6.45, 7) is 1.39. The first-order chi connectivity index (χ1) is 5.56. The van der Waals surface area contributed by atoms with Crippen molar-refractivity contribution in [2.45, 2.75) is 25.9 Å². The van der Waals surface area contributed by atoms with Gasteiger partial charge in [-0.1, -0.05) is 0 Å². The van der Waals surface area contributed by atoms with Gasteiger partial charge in [0, 0.05) is 0 Å². The van der Waals surface area contributed by atoms with Crippen molar-refractivity contribution < 1.29 is 24.5 Å². The number of hydrogen-bond acceptors (Lipinski definition) is 5. The number of esters is 2. The van der Waals surface area contributed by atoms with Gasteiger partial charge in [0.05, 0.1) is 25.6 Å². The van der Waals surface area contributed by atoms with Crippen LogP contribution in [0.3, 0.4) is 0 Å². The molecule has 1 aliphatic rings. The lowest BCUT2D eigenvalue weighted by Crippen LogP contribution is -2.03. The fourth-order valence-electron chi connectivity index (χ4n) is 0.433. The smallest absolute Gasteiger partial charge is 0.314 e. The monoisotopic (exact) mass is 176 g/mol. The fraction of sp³-hybridized carbons (Fsp3) is 0.714. The van der Waals surface area contributed by atoms with Crippen molar-refractivity contribution in [3.63, 3.8) is 0 Å². The Morgan fingerprint density at radius 2 is 1.75 bits per heavy atom. The molecule has 0 aliphatic carbocycles. The zero-order valence-corrected chi connectivity index (χ0v) is 6.82. The second kappa shape index (κ2) is 5.68. The van der Waals surface area contributed by atoms with Crippen molar-refractivity contribution in [3.8, 4) is 0 Å². The van der Waals surface area contributed by atoms with E-state index in [1.54, 1.807) is 0 Å². The van der Waals surface area contributed by atoms with Gasteiger partial charge < -0.3 is 14.9 Å². The Hall–Kier alpha value is -0.940. The molecule has 0 bridgehead atoms. The third-order valence-corrected chi connectivity index (χ3v) is 1.03. The first-order valence-electron chi connectivity index (χ1n) is 3.58. The lowest BCUT2D eigenvalue weighted by molar-refractivity contribution is -0.151. The van der Waals surface area contributed by atoms with E-state index in [0.717, 1.165) is 0 Å². The van der Waals surface area contributed by atoms with Crippen LogP contribution in [0.1, 0.15) is 19.8 Å². The molecule has 5 heteroatoms. The average Bonchev–Trinajstić information content (AvgIpc) is 2.36. The minimum absolute atomic E-state index is 0.139. The number of cyclic esters (lactones) is 2. The highest BCUT2D eigenvalue weighted by Gasteiger charge is 2.19. The van der Waals surface area contributed by atoms with E-state index in [2.05, 4.69) is 4.74 Å². The standard InChI is InChI=1S/C4H4O3.C3H8O2/c5-3-1-2-4(6)7-3;1-3(5)2-4/h1-2H2;3-5H,2H2,1H3. The lowest BCUT2D eigenvalue weighted by Gasteiger charge is -1.90. The predicted molar refractivity (Wildman–Crippen MR) is 39.1 cm³/mol. The summed E-state index contributed by atoms with van der Waals surface area (Å²) >= 11 is 0. The Bertz CT molecular complexity index is 149. The van der Waals surface area contributed by atoms with Gasteiger partial charge >= 0.3 is 11.9 Å². The van der Waals surface area contributed by atoms with Gasteiger partial charge in [-0.2, -0.15) is 0 Å². The topological polar surface area (TPSA) is 83.8 Å². The maximum Gasteiger partial charge on any atom is 0.314 e. The number of aliphatic hydroxyl groups is 2. The number of carbonyl (C=O) groups is 2. The van der Waals surface area contributed by atoms with Crippen LogP contribution >= 0.6 is 0 Å². The summed E-state index contributed by atoms with van der Waals surface area (Å²) in [4.78, 5) is 20.0. The van der Waals surface area contributed by atoms with Crippen LogP contribution in [-0.4, -0.2) is 34.9 Å². The molecule has 1 fully saturated rings. The maximum absolute atomic E-state index is 10.0. The Labute approximate surface area is 70.0 Å². The van der Waals surface area contributed by atoms with Gasteiger partial charge in [-0.15, -0.1) is 0 Å². The van der Waals surface area contributed by atoms with E-state index in [-0.39, 0.29) is 19.4 Å². The van der Waals surface area contributed by atoms with Gasteiger partial charge in [-0.25, -0.2) is 0 Å². The maximum atomic E-state index is 10.0. The average molecular weight is 176 g/mol. The van der Waals surface area contributed by atoms with E-state index < -0.39 is 18.0 Å². The first-order valence-corrected chi connectivity index (χ1v) is 3.58. The summed E-state index contributed by atoms with van der Waals surface area (Å²) in [7, 11) is 0. The number of rotatable bonds is 1.